The van der Waals surface area contributed by atoms with Gasteiger partial charge in [0.25, 0.3) is 0 Å². The smallest absolute Gasteiger partial charge is 0.323 e. The maximum atomic E-state index is 12.9. The number of carbonyl (C=O) groups is 2. The quantitative estimate of drug-likeness (QED) is 0.383. The van der Waals surface area contributed by atoms with Crippen molar-refractivity contribution in [3.8, 4) is 28.7 Å². The van der Waals surface area contributed by atoms with Gasteiger partial charge in [0.2, 0.25) is 6.79 Å². The van der Waals surface area contributed by atoms with Crippen LogP contribution in [0.4, 0.5) is 0 Å². The van der Waals surface area contributed by atoms with Crippen LogP contribution in [0.15, 0.2) is 6.07 Å². The number of phenolic OH excluding ortho intramolecular Hbond substituents is 1. The molecule has 3 N–H and O–H groups in total. The number of benzene rings is 2. The Labute approximate surface area is 253 Å². The van der Waals surface area contributed by atoms with Crippen molar-refractivity contribution in [2.75, 3.05) is 32.8 Å². The predicted octanol–water partition coefficient (Wildman–Crippen LogP) is 3.11. The fourth-order valence-electron chi connectivity index (χ4n) is 8.82. The molecule has 12 heteroatoms. The zero-order valence-electron chi connectivity index (χ0n) is 24.8. The van der Waals surface area contributed by atoms with Crippen LogP contribution < -0.4 is 24.7 Å². The van der Waals surface area contributed by atoms with Crippen molar-refractivity contribution in [1.29, 1.82) is 0 Å². The summed E-state index contributed by atoms with van der Waals surface area (Å²) in [4.78, 5) is 30.4. The SMILES string of the molecule is COc1c(C)cc2c(c1O)C1C3[C@@H]4SCC(N)C(=O)OCC(c5c6c(c(C)c(OC(C)=O)c54)OCO6)N3CC3CC2(C)N31. The molecule has 0 saturated carbocycles. The lowest BCUT2D eigenvalue weighted by Gasteiger charge is -2.65. The molecule has 228 valence electrons. The molecular formula is C31H35N3O8S. The third kappa shape index (κ3) is 3.43. The number of nitrogens with two attached hydrogens (primary N) is 1. The number of phenols is 1. The Morgan fingerprint density at radius 1 is 1.16 bits per heavy atom. The predicted molar refractivity (Wildman–Crippen MR) is 156 cm³/mol. The van der Waals surface area contributed by atoms with E-state index in [0.717, 1.165) is 40.8 Å². The lowest BCUT2D eigenvalue weighted by atomic mass is 9.73. The van der Waals surface area contributed by atoms with Crippen LogP contribution in [-0.4, -0.2) is 77.8 Å². The second-order valence-electron chi connectivity index (χ2n) is 12.7. The molecule has 0 amide bonds. The zero-order valence-corrected chi connectivity index (χ0v) is 25.6. The normalized spacial score (nSPS) is 33.5. The summed E-state index contributed by atoms with van der Waals surface area (Å²) in [7, 11) is 1.58. The molecule has 2 bridgehead atoms. The van der Waals surface area contributed by atoms with Gasteiger partial charge in [0.1, 0.15) is 18.4 Å². The number of esters is 2. The highest BCUT2D eigenvalue weighted by molar-refractivity contribution is 7.99. The maximum absolute atomic E-state index is 12.9. The number of rotatable bonds is 2. The van der Waals surface area contributed by atoms with E-state index < -0.39 is 24.0 Å². The molecule has 0 aliphatic carbocycles. The number of methoxy groups -OCH3 is 1. The first-order chi connectivity index (χ1) is 20.6. The number of cyclic esters (lactones) is 1. The summed E-state index contributed by atoms with van der Waals surface area (Å²) in [5.41, 5.74) is 11.3. The highest BCUT2D eigenvalue weighted by Crippen LogP contribution is 2.69. The van der Waals surface area contributed by atoms with Gasteiger partial charge in [-0.3, -0.25) is 19.4 Å². The summed E-state index contributed by atoms with van der Waals surface area (Å²) in [5, 5.41) is 11.5. The number of hydrogen-bond donors (Lipinski definition) is 2. The number of nitrogens with zero attached hydrogens (tertiary/aromatic N) is 2. The molecule has 2 aromatic rings. The van der Waals surface area contributed by atoms with E-state index in [9.17, 15) is 14.7 Å². The Balaban J connectivity index is 1.41. The first-order valence-corrected chi connectivity index (χ1v) is 15.7. The first kappa shape index (κ1) is 27.4. The van der Waals surface area contributed by atoms with Gasteiger partial charge < -0.3 is 34.5 Å². The second kappa shape index (κ2) is 9.16. The van der Waals surface area contributed by atoms with Crippen molar-refractivity contribution in [3.63, 3.8) is 0 Å². The van der Waals surface area contributed by atoms with Crippen LogP contribution in [0.1, 0.15) is 71.0 Å². The number of aryl methyl sites for hydroxylation is 1. The van der Waals surface area contributed by atoms with Gasteiger partial charge in [0.05, 0.1) is 24.4 Å². The number of thioether (sulfide) groups is 1. The van der Waals surface area contributed by atoms with Gasteiger partial charge >= 0.3 is 11.9 Å². The van der Waals surface area contributed by atoms with Gasteiger partial charge in [-0.2, -0.15) is 0 Å². The molecule has 43 heavy (non-hydrogen) atoms. The molecule has 3 saturated heterocycles. The fraction of sp³-hybridized carbons (Fsp3) is 0.548. The molecule has 3 fully saturated rings. The number of ether oxygens (including phenoxy) is 5. The Hall–Kier alpha value is -3.19. The van der Waals surface area contributed by atoms with Gasteiger partial charge in [-0.1, -0.05) is 0 Å². The Kier molecular flexibility index (Phi) is 5.83. The molecule has 2 aromatic carbocycles. The summed E-state index contributed by atoms with van der Waals surface area (Å²) in [5.74, 6) is 1.66. The molecule has 11 nitrogen and oxygen atoms in total. The number of carbonyl (C=O) groups excluding carboxylic acids is 2. The van der Waals surface area contributed by atoms with E-state index in [1.165, 1.54) is 6.92 Å². The van der Waals surface area contributed by atoms with Crippen LogP contribution in [0.5, 0.6) is 28.7 Å². The standard InChI is InChI=1S/C31H35N3O8S/c1-12-6-16-19(24(36)25(12)38-5)22-23-29-21-20(28-27(40-11-41-28)13(2)26(21)42-14(3)35)18(9-39-30(37)17(32)10-43-29)33(23)8-15-7-31(16,4)34(15)22/h6,15,17-18,22-23,29,36H,7-11,32H2,1-5H3/t15?,17?,18?,22?,23?,29-,31?/m1/s1. The lowest BCUT2D eigenvalue weighted by Crippen LogP contribution is -2.71. The number of fused-ring (bicyclic) bond motifs is 8. The minimum atomic E-state index is -0.814. The fourth-order valence-corrected chi connectivity index (χ4v) is 10.3. The Morgan fingerprint density at radius 3 is 2.67 bits per heavy atom. The van der Waals surface area contributed by atoms with Crippen LogP contribution in [-0.2, 0) is 19.9 Å². The molecule has 0 spiro atoms. The van der Waals surface area contributed by atoms with Gasteiger partial charge in [0, 0.05) is 59.1 Å². The highest BCUT2D eigenvalue weighted by atomic mass is 32.2. The van der Waals surface area contributed by atoms with Crippen LogP contribution in [0.25, 0.3) is 0 Å². The lowest BCUT2D eigenvalue weighted by molar-refractivity contribution is -0.171. The van der Waals surface area contributed by atoms with Crippen LogP contribution in [0.3, 0.4) is 0 Å². The summed E-state index contributed by atoms with van der Waals surface area (Å²) >= 11 is 1.56. The molecule has 7 atom stereocenters. The minimum Gasteiger partial charge on any atom is -0.504 e. The number of aromatic hydroxyl groups is 1. The van der Waals surface area contributed by atoms with E-state index in [0.29, 0.717) is 34.3 Å². The monoisotopic (exact) mass is 609 g/mol. The third-order valence-electron chi connectivity index (χ3n) is 10.4. The summed E-state index contributed by atoms with van der Waals surface area (Å²) in [6.45, 7) is 8.32. The number of piperazine rings is 1. The van der Waals surface area contributed by atoms with Crippen molar-refractivity contribution in [3.05, 3.63) is 39.4 Å². The third-order valence-corrected chi connectivity index (χ3v) is 11.8. The van der Waals surface area contributed by atoms with Crippen LogP contribution in [0, 0.1) is 13.8 Å². The molecule has 6 heterocycles. The average Bonchev–Trinajstić information content (AvgIpc) is 3.52. The largest absolute Gasteiger partial charge is 0.504 e. The molecule has 6 aliphatic rings. The average molecular weight is 610 g/mol. The Morgan fingerprint density at radius 2 is 1.93 bits per heavy atom. The van der Waals surface area contributed by atoms with Gasteiger partial charge in [-0.25, -0.2) is 0 Å². The first-order valence-electron chi connectivity index (χ1n) is 14.7. The Bertz CT molecular complexity index is 1610. The molecule has 6 unspecified atom stereocenters. The van der Waals surface area contributed by atoms with Crippen LogP contribution in [0.2, 0.25) is 0 Å². The molecule has 0 radical (unpaired) electrons. The second-order valence-corrected chi connectivity index (χ2v) is 13.8. The number of hydrogen-bond acceptors (Lipinski definition) is 12. The van der Waals surface area contributed by atoms with E-state index in [1.807, 2.05) is 13.8 Å². The van der Waals surface area contributed by atoms with Crippen molar-refractivity contribution >= 4 is 23.7 Å². The van der Waals surface area contributed by atoms with Crippen LogP contribution >= 0.6 is 11.8 Å². The van der Waals surface area contributed by atoms with E-state index in [2.05, 4.69) is 22.8 Å². The summed E-state index contributed by atoms with van der Waals surface area (Å²) in [6, 6.07) is 0.781. The van der Waals surface area contributed by atoms with E-state index in [-0.39, 0.29) is 48.1 Å². The van der Waals surface area contributed by atoms with Crippen molar-refractivity contribution in [1.82, 2.24) is 9.80 Å². The molecule has 8 rings (SSSR count). The minimum absolute atomic E-state index is 0.0442. The van der Waals surface area contributed by atoms with E-state index >= 15 is 0 Å². The maximum Gasteiger partial charge on any atom is 0.323 e. The van der Waals surface area contributed by atoms with Gasteiger partial charge in [-0.05, 0) is 44.4 Å². The summed E-state index contributed by atoms with van der Waals surface area (Å²) < 4.78 is 29.6. The molecule has 6 aliphatic heterocycles. The van der Waals surface area contributed by atoms with Gasteiger partial charge in [-0.15, -0.1) is 11.8 Å². The molecule has 0 aromatic heterocycles. The van der Waals surface area contributed by atoms with Crippen molar-refractivity contribution < 1.29 is 38.4 Å². The van der Waals surface area contributed by atoms with Gasteiger partial charge in [0.15, 0.2) is 23.0 Å². The zero-order chi connectivity index (χ0) is 30.1. The van der Waals surface area contributed by atoms with Crippen molar-refractivity contribution in [2.24, 2.45) is 5.73 Å². The highest BCUT2D eigenvalue weighted by Gasteiger charge is 2.67. The van der Waals surface area contributed by atoms with E-state index in [4.69, 9.17) is 29.4 Å². The topological polar surface area (TPSA) is 133 Å². The molecular weight excluding hydrogens is 574 g/mol. The summed E-state index contributed by atoms with van der Waals surface area (Å²) in [6.07, 6.45) is 0.928. The van der Waals surface area contributed by atoms with Crippen molar-refractivity contribution in [2.45, 2.75) is 75.1 Å². The van der Waals surface area contributed by atoms with E-state index in [1.54, 1.807) is 18.9 Å².